The fourth-order valence-electron chi connectivity index (χ4n) is 2.61. The molecule has 26 heavy (non-hydrogen) atoms. The Bertz CT molecular complexity index is 735. The minimum atomic E-state index is -0.115. The first kappa shape index (κ1) is 19.4. The molecule has 0 aliphatic heterocycles. The quantitative estimate of drug-likeness (QED) is 0.775. The number of anilines is 2. The van der Waals surface area contributed by atoms with Crippen LogP contribution in [0.2, 0.25) is 0 Å². The number of hydrogen-bond acceptors (Lipinski definition) is 3. The Morgan fingerprint density at radius 3 is 2.04 bits per heavy atom. The zero-order valence-corrected chi connectivity index (χ0v) is 15.9. The van der Waals surface area contributed by atoms with E-state index < -0.39 is 0 Å². The molecule has 1 N–H and O–H groups in total. The van der Waals surface area contributed by atoms with E-state index >= 15 is 0 Å². The Labute approximate surface area is 155 Å². The molecule has 0 unspecified atom stereocenters. The Morgan fingerprint density at radius 2 is 1.54 bits per heavy atom. The molecule has 2 amide bonds. The summed E-state index contributed by atoms with van der Waals surface area (Å²) in [7, 11) is 3.95. The SMILES string of the molecule is CCN(CC)C(=O)c1ccc(NC(=O)C[n+]2ccc(N(C)C)cc2)cc1. The van der Waals surface area contributed by atoms with Crippen LogP contribution >= 0.6 is 0 Å². The third-order valence-electron chi connectivity index (χ3n) is 4.18. The zero-order chi connectivity index (χ0) is 19.1. The van der Waals surface area contributed by atoms with Crippen LogP contribution in [0.5, 0.6) is 0 Å². The highest BCUT2D eigenvalue weighted by atomic mass is 16.2. The van der Waals surface area contributed by atoms with Gasteiger partial charge >= 0.3 is 0 Å². The van der Waals surface area contributed by atoms with Gasteiger partial charge in [0.2, 0.25) is 6.54 Å². The van der Waals surface area contributed by atoms with E-state index in [1.54, 1.807) is 29.2 Å². The first-order chi connectivity index (χ1) is 12.4. The van der Waals surface area contributed by atoms with E-state index in [1.807, 2.05) is 61.9 Å². The summed E-state index contributed by atoms with van der Waals surface area (Å²) in [5, 5.41) is 2.86. The minimum Gasteiger partial charge on any atom is -0.377 e. The van der Waals surface area contributed by atoms with Gasteiger partial charge in [-0.2, -0.15) is 4.57 Å². The van der Waals surface area contributed by atoms with Gasteiger partial charge in [-0.25, -0.2) is 0 Å². The maximum Gasteiger partial charge on any atom is 0.290 e. The number of benzene rings is 1. The second-order valence-electron chi connectivity index (χ2n) is 6.23. The molecule has 2 rings (SSSR count). The molecular weight excluding hydrogens is 328 g/mol. The van der Waals surface area contributed by atoms with E-state index in [9.17, 15) is 9.59 Å². The van der Waals surface area contributed by atoms with Crippen molar-refractivity contribution >= 4 is 23.2 Å². The number of nitrogens with zero attached hydrogens (tertiary/aromatic N) is 3. The zero-order valence-electron chi connectivity index (χ0n) is 15.9. The van der Waals surface area contributed by atoms with Crippen molar-refractivity contribution in [3.05, 3.63) is 54.4 Å². The Kier molecular flexibility index (Phi) is 6.72. The molecule has 6 nitrogen and oxygen atoms in total. The van der Waals surface area contributed by atoms with Crippen molar-refractivity contribution in [1.29, 1.82) is 0 Å². The number of pyridine rings is 1. The fraction of sp³-hybridized carbons (Fsp3) is 0.350. The van der Waals surface area contributed by atoms with Crippen molar-refractivity contribution in [2.75, 3.05) is 37.4 Å². The average Bonchev–Trinajstić information content (AvgIpc) is 2.63. The van der Waals surface area contributed by atoms with Crippen molar-refractivity contribution < 1.29 is 14.2 Å². The van der Waals surface area contributed by atoms with Crippen molar-refractivity contribution in [1.82, 2.24) is 4.90 Å². The van der Waals surface area contributed by atoms with E-state index in [0.717, 1.165) is 5.69 Å². The average molecular weight is 355 g/mol. The van der Waals surface area contributed by atoms with E-state index in [-0.39, 0.29) is 18.4 Å². The third-order valence-corrected chi connectivity index (χ3v) is 4.18. The number of carbonyl (C=O) groups is 2. The molecule has 0 spiro atoms. The van der Waals surface area contributed by atoms with Crippen LogP contribution in [-0.2, 0) is 11.3 Å². The van der Waals surface area contributed by atoms with Crippen molar-refractivity contribution in [3.63, 3.8) is 0 Å². The van der Waals surface area contributed by atoms with Gasteiger partial charge in [0, 0.05) is 56.3 Å². The second-order valence-corrected chi connectivity index (χ2v) is 6.23. The number of carbonyl (C=O) groups excluding carboxylic acids is 2. The summed E-state index contributed by atoms with van der Waals surface area (Å²) in [5.41, 5.74) is 2.38. The lowest BCUT2D eigenvalue weighted by Gasteiger charge is -2.18. The molecule has 1 aromatic heterocycles. The van der Waals surface area contributed by atoms with Crippen LogP contribution in [-0.4, -0.2) is 43.9 Å². The molecule has 0 saturated carbocycles. The standard InChI is InChI=1S/C20H26N4O2/c1-5-24(6-2)20(26)16-7-9-17(10-8-16)21-19(25)15-23-13-11-18(12-14-23)22(3)4/h7-14H,5-6,15H2,1-4H3/p+1. The summed E-state index contributed by atoms with van der Waals surface area (Å²) in [6.45, 7) is 5.50. The molecule has 2 aromatic rings. The molecule has 0 aliphatic rings. The number of amides is 2. The van der Waals surface area contributed by atoms with E-state index in [1.165, 1.54) is 0 Å². The minimum absolute atomic E-state index is 0.00409. The number of rotatable bonds is 7. The fourth-order valence-corrected chi connectivity index (χ4v) is 2.61. The topological polar surface area (TPSA) is 56.5 Å². The molecule has 0 radical (unpaired) electrons. The van der Waals surface area contributed by atoms with Gasteiger partial charge in [-0.15, -0.1) is 0 Å². The van der Waals surface area contributed by atoms with E-state index in [0.29, 0.717) is 24.3 Å². The Hall–Kier alpha value is -2.89. The maximum atomic E-state index is 12.3. The lowest BCUT2D eigenvalue weighted by atomic mass is 10.1. The monoisotopic (exact) mass is 355 g/mol. The van der Waals surface area contributed by atoms with Gasteiger partial charge in [0.15, 0.2) is 12.4 Å². The second kappa shape index (κ2) is 8.99. The van der Waals surface area contributed by atoms with Crippen LogP contribution < -0.4 is 14.8 Å². The normalized spacial score (nSPS) is 10.3. The largest absolute Gasteiger partial charge is 0.377 e. The maximum absolute atomic E-state index is 12.3. The molecule has 0 fully saturated rings. The van der Waals surface area contributed by atoms with Gasteiger partial charge in [0.05, 0.1) is 0 Å². The Balaban J connectivity index is 1.95. The molecule has 0 aliphatic carbocycles. The molecule has 0 bridgehead atoms. The van der Waals surface area contributed by atoms with Gasteiger partial charge in [-0.3, -0.25) is 9.59 Å². The van der Waals surface area contributed by atoms with Gasteiger partial charge < -0.3 is 15.1 Å². The number of aromatic nitrogens is 1. The highest BCUT2D eigenvalue weighted by Crippen LogP contribution is 2.12. The summed E-state index contributed by atoms with van der Waals surface area (Å²) >= 11 is 0. The highest BCUT2D eigenvalue weighted by Gasteiger charge is 2.13. The van der Waals surface area contributed by atoms with Crippen molar-refractivity contribution in [2.24, 2.45) is 0 Å². The summed E-state index contributed by atoms with van der Waals surface area (Å²) in [5.74, 6) is -0.111. The number of hydrogen-bond donors (Lipinski definition) is 1. The van der Waals surface area contributed by atoms with Crippen LogP contribution in [0.3, 0.4) is 0 Å². The smallest absolute Gasteiger partial charge is 0.290 e. The van der Waals surface area contributed by atoms with Gasteiger partial charge in [-0.05, 0) is 38.1 Å². The Morgan fingerprint density at radius 1 is 0.962 bits per heavy atom. The van der Waals surface area contributed by atoms with Crippen molar-refractivity contribution in [2.45, 2.75) is 20.4 Å². The lowest BCUT2D eigenvalue weighted by Crippen LogP contribution is -2.39. The van der Waals surface area contributed by atoms with Crippen LogP contribution in [0, 0.1) is 0 Å². The predicted molar refractivity (Wildman–Crippen MR) is 103 cm³/mol. The van der Waals surface area contributed by atoms with E-state index in [2.05, 4.69) is 5.32 Å². The van der Waals surface area contributed by atoms with Crippen LogP contribution in [0.4, 0.5) is 11.4 Å². The third kappa shape index (κ3) is 5.05. The predicted octanol–water partition coefficient (Wildman–Crippen LogP) is 2.16. The summed E-state index contributed by atoms with van der Waals surface area (Å²) in [4.78, 5) is 28.3. The first-order valence-electron chi connectivity index (χ1n) is 8.80. The van der Waals surface area contributed by atoms with E-state index in [4.69, 9.17) is 0 Å². The molecule has 1 aromatic carbocycles. The summed E-state index contributed by atoms with van der Waals surface area (Å²) in [6, 6.07) is 10.9. The molecule has 6 heteroatoms. The first-order valence-corrected chi connectivity index (χ1v) is 8.80. The van der Waals surface area contributed by atoms with Crippen LogP contribution in [0.15, 0.2) is 48.8 Å². The molecular formula is C20H27N4O2+. The van der Waals surface area contributed by atoms with Gasteiger partial charge in [0.25, 0.3) is 11.8 Å². The lowest BCUT2D eigenvalue weighted by molar-refractivity contribution is -0.684. The summed E-state index contributed by atoms with van der Waals surface area (Å²) in [6.07, 6.45) is 3.75. The summed E-state index contributed by atoms with van der Waals surface area (Å²) < 4.78 is 1.82. The van der Waals surface area contributed by atoms with Crippen molar-refractivity contribution in [3.8, 4) is 0 Å². The number of nitrogens with one attached hydrogen (secondary N) is 1. The van der Waals surface area contributed by atoms with Gasteiger partial charge in [-0.1, -0.05) is 0 Å². The molecule has 0 atom stereocenters. The molecule has 138 valence electrons. The highest BCUT2D eigenvalue weighted by molar-refractivity contribution is 5.95. The van der Waals surface area contributed by atoms with Crippen LogP contribution in [0.25, 0.3) is 0 Å². The molecule has 1 heterocycles. The van der Waals surface area contributed by atoms with Gasteiger partial charge in [0.1, 0.15) is 0 Å². The van der Waals surface area contributed by atoms with Crippen LogP contribution in [0.1, 0.15) is 24.2 Å². The molecule has 0 saturated heterocycles.